The first-order chi connectivity index (χ1) is 16.3. The Kier molecular flexibility index (Phi) is 12.0. The van der Waals surface area contributed by atoms with E-state index in [9.17, 15) is 18.0 Å². The predicted octanol–water partition coefficient (Wildman–Crippen LogP) is 2.15. The molecular formula is C21H37N5O7S2. The maximum atomic E-state index is 12.9. The number of likely N-dealkylation sites (N-methyl/N-ethyl adjacent to an activating group) is 1. The first-order valence-corrected chi connectivity index (χ1v) is 13.6. The van der Waals surface area contributed by atoms with Crippen LogP contribution in [0.4, 0.5) is 10.6 Å². The summed E-state index contributed by atoms with van der Waals surface area (Å²) in [7, 11) is -0.971. The minimum Gasteiger partial charge on any atom is -0.478 e. The molecule has 1 aromatic heterocycles. The summed E-state index contributed by atoms with van der Waals surface area (Å²) in [4.78, 5) is 33.0. The Bertz CT molecular complexity index is 952. The van der Waals surface area contributed by atoms with Gasteiger partial charge in [0, 0.05) is 19.4 Å². The third kappa shape index (κ3) is 9.68. The smallest absolute Gasteiger partial charge is 0.408 e. The van der Waals surface area contributed by atoms with Gasteiger partial charge in [-0.2, -0.15) is 0 Å². The van der Waals surface area contributed by atoms with Gasteiger partial charge in [0.25, 0.3) is 5.88 Å². The summed E-state index contributed by atoms with van der Waals surface area (Å²) in [5.41, 5.74) is -0.720. The molecule has 0 saturated heterocycles. The molecule has 0 unspecified atom stereocenters. The number of hydrogen-bond acceptors (Lipinski definition) is 10. The molecule has 0 fully saturated rings. The highest BCUT2D eigenvalue weighted by Crippen LogP contribution is 2.30. The minimum absolute atomic E-state index is 0.00335. The van der Waals surface area contributed by atoms with Crippen LogP contribution >= 0.6 is 11.8 Å². The van der Waals surface area contributed by atoms with Crippen molar-refractivity contribution in [1.29, 1.82) is 0 Å². The molecule has 1 rings (SSSR count). The number of amides is 2. The number of thioether (sulfide) groups is 1. The fourth-order valence-corrected chi connectivity index (χ4v) is 4.45. The van der Waals surface area contributed by atoms with Gasteiger partial charge in [-0.15, -0.1) is 11.8 Å². The molecule has 1 atom stereocenters. The van der Waals surface area contributed by atoms with E-state index >= 15 is 0 Å². The zero-order valence-electron chi connectivity index (χ0n) is 21.6. The Morgan fingerprint density at radius 3 is 2.43 bits per heavy atom. The van der Waals surface area contributed by atoms with Crippen LogP contribution in [0.5, 0.6) is 5.88 Å². The lowest BCUT2D eigenvalue weighted by molar-refractivity contribution is -0.122. The van der Waals surface area contributed by atoms with Crippen molar-refractivity contribution in [3.63, 3.8) is 0 Å². The number of nitrogens with zero attached hydrogens (tertiary/aromatic N) is 3. The van der Waals surface area contributed by atoms with Gasteiger partial charge in [-0.25, -0.2) is 27.5 Å². The fourth-order valence-electron chi connectivity index (χ4n) is 2.51. The van der Waals surface area contributed by atoms with Crippen molar-refractivity contribution in [2.75, 3.05) is 37.6 Å². The zero-order chi connectivity index (χ0) is 26.8. The van der Waals surface area contributed by atoms with Crippen LogP contribution in [-0.2, 0) is 24.3 Å². The van der Waals surface area contributed by atoms with Gasteiger partial charge in [-0.1, -0.05) is 6.92 Å². The Hall–Kier alpha value is -2.32. The molecule has 0 radical (unpaired) electrons. The van der Waals surface area contributed by atoms with Gasteiger partial charge < -0.3 is 24.8 Å². The van der Waals surface area contributed by atoms with Gasteiger partial charge in [0.15, 0.2) is 0 Å². The van der Waals surface area contributed by atoms with Gasteiger partial charge in [-0.05, 0) is 41.0 Å². The first kappa shape index (κ1) is 30.7. The lowest BCUT2D eigenvalue weighted by Gasteiger charge is -2.26. The quantitative estimate of drug-likeness (QED) is 0.218. The molecule has 0 spiro atoms. The number of methoxy groups -OCH3 is 1. The van der Waals surface area contributed by atoms with Crippen molar-refractivity contribution in [1.82, 2.24) is 20.6 Å². The number of carbonyl (C=O) groups excluding carboxylic acids is 2. The third-order valence-corrected chi connectivity index (χ3v) is 7.32. The average molecular weight is 536 g/mol. The van der Waals surface area contributed by atoms with E-state index in [-0.39, 0.29) is 24.2 Å². The molecule has 1 heterocycles. The van der Waals surface area contributed by atoms with Crippen LogP contribution in [0.2, 0.25) is 0 Å². The third-order valence-electron chi connectivity index (χ3n) is 4.24. The number of ether oxygens (including phenoxy) is 3. The van der Waals surface area contributed by atoms with E-state index < -0.39 is 38.9 Å². The van der Waals surface area contributed by atoms with Crippen molar-refractivity contribution in [3.8, 4) is 5.88 Å². The van der Waals surface area contributed by atoms with Gasteiger partial charge in [0.2, 0.25) is 21.7 Å². The van der Waals surface area contributed by atoms with E-state index in [1.165, 1.54) is 20.4 Å². The van der Waals surface area contributed by atoms with Crippen LogP contribution in [0.3, 0.4) is 0 Å². The molecule has 200 valence electrons. The second-order valence-electron chi connectivity index (χ2n) is 8.64. The molecule has 1 aromatic rings. The molecule has 0 aromatic carbocycles. The van der Waals surface area contributed by atoms with Gasteiger partial charge in [0.05, 0.1) is 18.6 Å². The van der Waals surface area contributed by atoms with Crippen LogP contribution in [0, 0.1) is 0 Å². The Balaban J connectivity index is 3.13. The zero-order valence-corrected chi connectivity index (χ0v) is 23.2. The Labute approximate surface area is 211 Å². The van der Waals surface area contributed by atoms with Crippen molar-refractivity contribution in [3.05, 3.63) is 6.20 Å². The van der Waals surface area contributed by atoms with E-state index in [1.807, 2.05) is 6.92 Å². The largest absolute Gasteiger partial charge is 0.478 e. The number of anilines is 1. The van der Waals surface area contributed by atoms with Crippen molar-refractivity contribution >= 4 is 39.6 Å². The Morgan fingerprint density at radius 1 is 1.26 bits per heavy atom. The van der Waals surface area contributed by atoms with E-state index in [0.29, 0.717) is 11.6 Å². The summed E-state index contributed by atoms with van der Waals surface area (Å²) < 4.78 is 42.9. The number of alkyl carbamates (subject to hydrolysis) is 1. The van der Waals surface area contributed by atoms with Crippen molar-refractivity contribution < 1.29 is 32.2 Å². The molecule has 35 heavy (non-hydrogen) atoms. The molecule has 0 aliphatic carbocycles. The van der Waals surface area contributed by atoms with E-state index in [1.54, 1.807) is 34.6 Å². The van der Waals surface area contributed by atoms with Crippen molar-refractivity contribution in [2.45, 2.75) is 69.9 Å². The standard InChI is InChI=1S/C21H37N5O7S2/c1-9-10-32-13-26(35(29,30)14(2)3)17-19(31-8)25-16(11-23-17)34-12-15(18(27)22-7)24-20(28)33-21(4,5)6/h11,14-15H,9-10,12-13H2,1-8H3,(H,22,27)(H,24,28)/t15-/m0/s1. The highest BCUT2D eigenvalue weighted by Gasteiger charge is 2.31. The monoisotopic (exact) mass is 535 g/mol. The average Bonchev–Trinajstić information content (AvgIpc) is 2.77. The number of nitrogens with one attached hydrogen (secondary N) is 2. The van der Waals surface area contributed by atoms with Crippen molar-refractivity contribution in [2.24, 2.45) is 0 Å². The summed E-state index contributed by atoms with van der Waals surface area (Å²) >= 11 is 1.13. The lowest BCUT2D eigenvalue weighted by atomic mass is 10.2. The van der Waals surface area contributed by atoms with Gasteiger partial charge in [-0.3, -0.25) is 4.79 Å². The lowest BCUT2D eigenvalue weighted by Crippen LogP contribution is -2.48. The molecule has 12 nitrogen and oxygen atoms in total. The minimum atomic E-state index is -3.78. The summed E-state index contributed by atoms with van der Waals surface area (Å²) in [6.07, 6.45) is 1.37. The molecule has 0 aliphatic rings. The van der Waals surface area contributed by atoms with Gasteiger partial charge in [0.1, 0.15) is 23.4 Å². The van der Waals surface area contributed by atoms with Gasteiger partial charge >= 0.3 is 6.09 Å². The molecule has 0 bridgehead atoms. The van der Waals surface area contributed by atoms with Crippen LogP contribution in [0.25, 0.3) is 0 Å². The summed E-state index contributed by atoms with van der Waals surface area (Å²) in [6.45, 7) is 10.3. The Morgan fingerprint density at radius 2 is 1.91 bits per heavy atom. The van der Waals surface area contributed by atoms with E-state index in [4.69, 9.17) is 14.2 Å². The van der Waals surface area contributed by atoms with Crippen LogP contribution in [0.1, 0.15) is 48.0 Å². The van der Waals surface area contributed by atoms with Crippen LogP contribution in [0.15, 0.2) is 11.2 Å². The molecular weight excluding hydrogens is 498 g/mol. The first-order valence-electron chi connectivity index (χ1n) is 11.1. The second kappa shape index (κ2) is 13.7. The van der Waals surface area contributed by atoms with Crippen LogP contribution in [-0.4, -0.2) is 80.5 Å². The topological polar surface area (TPSA) is 149 Å². The highest BCUT2D eigenvalue weighted by atomic mass is 32.2. The number of carbonyl (C=O) groups is 2. The van der Waals surface area contributed by atoms with Crippen LogP contribution < -0.4 is 19.7 Å². The summed E-state index contributed by atoms with van der Waals surface area (Å²) in [6, 6.07) is -0.910. The fraction of sp³-hybridized carbons (Fsp3) is 0.714. The molecule has 2 N–H and O–H groups in total. The normalized spacial score (nSPS) is 12.7. The summed E-state index contributed by atoms with van der Waals surface area (Å²) in [5, 5.41) is 4.67. The SMILES string of the molecule is CCCOCN(c1ncc(SC[C@H](NC(=O)OC(C)(C)C)C(=O)NC)nc1OC)S(=O)(=O)C(C)C. The maximum absolute atomic E-state index is 12.9. The number of aromatic nitrogens is 2. The van der Waals surface area contributed by atoms with E-state index in [0.717, 1.165) is 22.5 Å². The number of rotatable bonds is 13. The number of sulfonamides is 1. The molecule has 2 amide bonds. The summed E-state index contributed by atoms with van der Waals surface area (Å²) in [5.74, 6) is -0.321. The highest BCUT2D eigenvalue weighted by molar-refractivity contribution is 7.99. The maximum Gasteiger partial charge on any atom is 0.408 e. The molecule has 14 heteroatoms. The molecule has 0 saturated carbocycles. The molecule has 0 aliphatic heterocycles. The predicted molar refractivity (Wildman–Crippen MR) is 134 cm³/mol. The number of hydrogen-bond donors (Lipinski definition) is 2. The van der Waals surface area contributed by atoms with E-state index in [2.05, 4.69) is 20.6 Å². The second-order valence-corrected chi connectivity index (χ2v) is 12.1.